The van der Waals surface area contributed by atoms with E-state index in [2.05, 4.69) is 35.1 Å². The van der Waals surface area contributed by atoms with E-state index in [1.54, 1.807) is 18.2 Å². The molecule has 1 amide bonds. The van der Waals surface area contributed by atoms with Gasteiger partial charge in [0, 0.05) is 21.6 Å². The molecule has 6 heteroatoms. The first-order valence-corrected chi connectivity index (χ1v) is 7.42. The van der Waals surface area contributed by atoms with E-state index in [0.29, 0.717) is 27.5 Å². The quantitative estimate of drug-likeness (QED) is 0.806. The molecule has 1 unspecified atom stereocenters. The van der Waals surface area contributed by atoms with Gasteiger partial charge in [0.1, 0.15) is 0 Å². The highest BCUT2D eigenvalue weighted by molar-refractivity contribution is 9.10. The maximum Gasteiger partial charge on any atom is 0.252 e. The Labute approximate surface area is 140 Å². The number of carbonyl (C=O) groups is 1. The van der Waals surface area contributed by atoms with Gasteiger partial charge in [-0.25, -0.2) is 0 Å². The maximum absolute atomic E-state index is 12.3. The predicted molar refractivity (Wildman–Crippen MR) is 90.8 cm³/mol. The summed E-state index contributed by atoms with van der Waals surface area (Å²) in [5.74, 6) is 0.319. The van der Waals surface area contributed by atoms with Gasteiger partial charge >= 0.3 is 0 Å². The Morgan fingerprint density at radius 1 is 1.50 bits per heavy atom. The minimum Gasteiger partial charge on any atom is -0.346 e. The Kier molecular flexibility index (Phi) is 8.11. The van der Waals surface area contributed by atoms with E-state index in [4.69, 9.17) is 17.3 Å². The van der Waals surface area contributed by atoms with Crippen molar-refractivity contribution >= 4 is 45.8 Å². The Hall–Kier alpha value is -0.290. The summed E-state index contributed by atoms with van der Waals surface area (Å²) in [5, 5.41) is 3.60. The maximum atomic E-state index is 12.3. The molecule has 0 saturated carbocycles. The summed E-state index contributed by atoms with van der Waals surface area (Å²) in [6, 6.07) is 5.11. The third kappa shape index (κ3) is 5.60. The van der Waals surface area contributed by atoms with Gasteiger partial charge in [-0.2, -0.15) is 0 Å². The number of carbonyl (C=O) groups excluding carboxylic acids is 1. The molecule has 0 radical (unpaired) electrons. The number of rotatable bonds is 5. The molecule has 3 N–H and O–H groups in total. The molecule has 0 fully saturated rings. The van der Waals surface area contributed by atoms with E-state index in [9.17, 15) is 4.79 Å². The molecule has 0 aromatic heterocycles. The van der Waals surface area contributed by atoms with Crippen LogP contribution in [-0.2, 0) is 0 Å². The number of halogens is 3. The molecule has 1 atom stereocenters. The summed E-state index contributed by atoms with van der Waals surface area (Å²) in [6.07, 6.45) is 0.834. The summed E-state index contributed by atoms with van der Waals surface area (Å²) in [4.78, 5) is 12.3. The Bertz CT molecular complexity index is 468. The average molecular weight is 384 g/mol. The Balaban J connectivity index is 0.00000361. The molecule has 20 heavy (non-hydrogen) atoms. The zero-order valence-electron chi connectivity index (χ0n) is 11.9. The fourth-order valence-corrected chi connectivity index (χ4v) is 2.96. The number of nitrogens with one attached hydrogen (secondary N) is 1. The second-order valence-corrected chi connectivity index (χ2v) is 6.73. The summed E-state index contributed by atoms with van der Waals surface area (Å²) < 4.78 is 0.682. The summed E-state index contributed by atoms with van der Waals surface area (Å²) >= 11 is 9.22. The van der Waals surface area contributed by atoms with Crippen LogP contribution >= 0.6 is 39.9 Å². The van der Waals surface area contributed by atoms with E-state index in [-0.39, 0.29) is 18.3 Å². The lowest BCUT2D eigenvalue weighted by atomic mass is 9.90. The van der Waals surface area contributed by atoms with Crippen LogP contribution in [0.3, 0.4) is 0 Å². The van der Waals surface area contributed by atoms with Crippen LogP contribution in [-0.4, -0.2) is 18.0 Å². The van der Waals surface area contributed by atoms with Gasteiger partial charge in [-0.1, -0.05) is 25.4 Å². The van der Waals surface area contributed by atoms with Crippen LogP contribution in [0.2, 0.25) is 5.02 Å². The van der Waals surface area contributed by atoms with Crippen LogP contribution in [0.25, 0.3) is 0 Å². The molecule has 1 aromatic carbocycles. The normalized spacial score (nSPS) is 13.6. The second-order valence-electron chi connectivity index (χ2n) is 5.44. The monoisotopic (exact) mass is 382 g/mol. The van der Waals surface area contributed by atoms with Crippen molar-refractivity contribution in [2.24, 2.45) is 11.7 Å². The number of hydrogen-bond donors (Lipinski definition) is 2. The van der Waals surface area contributed by atoms with Crippen molar-refractivity contribution in [3.05, 3.63) is 33.3 Å². The Morgan fingerprint density at radius 2 is 2.10 bits per heavy atom. The molecular weight excluding hydrogens is 363 g/mol. The van der Waals surface area contributed by atoms with Crippen molar-refractivity contribution < 1.29 is 4.79 Å². The minimum atomic E-state index is -0.398. The third-order valence-electron chi connectivity index (χ3n) is 2.90. The van der Waals surface area contributed by atoms with Crippen LogP contribution in [0.4, 0.5) is 0 Å². The first kappa shape index (κ1) is 19.7. The van der Waals surface area contributed by atoms with Gasteiger partial charge in [0.25, 0.3) is 5.91 Å². The molecular formula is C14H21BrCl2N2O. The van der Waals surface area contributed by atoms with Crippen LogP contribution < -0.4 is 11.1 Å². The SMILES string of the molecule is CC(C)CC(C)(CN)NC(=O)c1ccc(Cl)cc1Br.Cl. The topological polar surface area (TPSA) is 55.1 Å². The molecule has 114 valence electrons. The second kappa shape index (κ2) is 8.23. The minimum absolute atomic E-state index is 0. The van der Waals surface area contributed by atoms with Crippen LogP contribution in [0.1, 0.15) is 37.6 Å². The average Bonchev–Trinajstić information content (AvgIpc) is 2.27. The zero-order chi connectivity index (χ0) is 14.6. The van der Waals surface area contributed by atoms with Crippen molar-refractivity contribution in [2.75, 3.05) is 6.54 Å². The summed E-state index contributed by atoms with van der Waals surface area (Å²) in [5.41, 5.74) is 5.96. The van der Waals surface area contributed by atoms with Crippen molar-refractivity contribution in [1.82, 2.24) is 5.32 Å². The highest BCUT2D eigenvalue weighted by atomic mass is 79.9. The van der Waals surface area contributed by atoms with E-state index >= 15 is 0 Å². The smallest absolute Gasteiger partial charge is 0.252 e. The van der Waals surface area contributed by atoms with Gasteiger partial charge in [-0.05, 0) is 53.4 Å². The fourth-order valence-electron chi connectivity index (χ4n) is 2.10. The van der Waals surface area contributed by atoms with E-state index in [1.807, 2.05) is 6.92 Å². The van der Waals surface area contributed by atoms with E-state index in [0.717, 1.165) is 6.42 Å². The van der Waals surface area contributed by atoms with Crippen molar-refractivity contribution in [1.29, 1.82) is 0 Å². The van der Waals surface area contributed by atoms with Gasteiger partial charge in [0.05, 0.1) is 5.56 Å². The highest BCUT2D eigenvalue weighted by Crippen LogP contribution is 2.23. The number of amides is 1. The van der Waals surface area contributed by atoms with Gasteiger partial charge in [-0.3, -0.25) is 4.79 Å². The van der Waals surface area contributed by atoms with Crippen LogP contribution in [0, 0.1) is 5.92 Å². The summed E-state index contributed by atoms with van der Waals surface area (Å²) in [7, 11) is 0. The van der Waals surface area contributed by atoms with Crippen LogP contribution in [0.15, 0.2) is 22.7 Å². The van der Waals surface area contributed by atoms with Gasteiger partial charge in [0.15, 0.2) is 0 Å². The molecule has 0 spiro atoms. The molecule has 0 saturated heterocycles. The fraction of sp³-hybridized carbons (Fsp3) is 0.500. The van der Waals surface area contributed by atoms with Crippen molar-refractivity contribution in [3.63, 3.8) is 0 Å². The van der Waals surface area contributed by atoms with Gasteiger partial charge < -0.3 is 11.1 Å². The Morgan fingerprint density at radius 3 is 2.55 bits per heavy atom. The third-order valence-corrected chi connectivity index (χ3v) is 3.79. The predicted octanol–water partition coefficient (Wildman–Crippen LogP) is 4.02. The van der Waals surface area contributed by atoms with Gasteiger partial charge in [-0.15, -0.1) is 12.4 Å². The molecule has 0 aliphatic rings. The van der Waals surface area contributed by atoms with Crippen molar-refractivity contribution in [3.8, 4) is 0 Å². The first-order valence-electron chi connectivity index (χ1n) is 6.25. The van der Waals surface area contributed by atoms with Gasteiger partial charge in [0.2, 0.25) is 0 Å². The van der Waals surface area contributed by atoms with Crippen molar-refractivity contribution in [2.45, 2.75) is 32.7 Å². The zero-order valence-corrected chi connectivity index (χ0v) is 15.0. The molecule has 0 aliphatic carbocycles. The molecule has 1 rings (SSSR count). The highest BCUT2D eigenvalue weighted by Gasteiger charge is 2.26. The molecule has 0 heterocycles. The molecule has 1 aromatic rings. The van der Waals surface area contributed by atoms with Crippen LogP contribution in [0.5, 0.6) is 0 Å². The number of hydrogen-bond acceptors (Lipinski definition) is 2. The molecule has 0 bridgehead atoms. The summed E-state index contributed by atoms with van der Waals surface area (Å²) in [6.45, 7) is 6.59. The lowest BCUT2D eigenvalue weighted by molar-refractivity contribution is 0.0897. The number of nitrogens with two attached hydrogens (primary N) is 1. The lowest BCUT2D eigenvalue weighted by Gasteiger charge is -2.31. The standard InChI is InChI=1S/C14H20BrClN2O.ClH/c1-9(2)7-14(3,8-17)18-13(19)11-5-4-10(16)6-12(11)15;/h4-6,9H,7-8,17H2,1-3H3,(H,18,19);1H. The molecule has 0 aliphatic heterocycles. The lowest BCUT2D eigenvalue weighted by Crippen LogP contribution is -2.52. The van der Waals surface area contributed by atoms with E-state index in [1.165, 1.54) is 0 Å². The molecule has 3 nitrogen and oxygen atoms in total. The van der Waals surface area contributed by atoms with E-state index < -0.39 is 5.54 Å². The number of benzene rings is 1. The largest absolute Gasteiger partial charge is 0.346 e. The first-order chi connectivity index (χ1) is 8.77.